The zero-order valence-corrected chi connectivity index (χ0v) is 24.0. The molecule has 0 saturated carbocycles. The van der Waals surface area contributed by atoms with Crippen LogP contribution in [0.1, 0.15) is 30.3 Å². The number of aromatic nitrogens is 4. The summed E-state index contributed by atoms with van der Waals surface area (Å²) in [7, 11) is -2.39. The molecule has 5 atom stereocenters. The van der Waals surface area contributed by atoms with Crippen LogP contribution in [0.25, 0.3) is 11.0 Å². The number of ether oxygens (including phenoxy) is 4. The normalized spacial score (nSPS) is 22.6. The van der Waals surface area contributed by atoms with E-state index in [1.54, 1.807) is 0 Å². The van der Waals surface area contributed by atoms with E-state index in [-0.39, 0.29) is 17.0 Å². The van der Waals surface area contributed by atoms with Crippen molar-refractivity contribution in [3.63, 3.8) is 0 Å². The molecule has 1 aliphatic rings. The third kappa shape index (κ3) is 6.16. The van der Waals surface area contributed by atoms with Crippen molar-refractivity contribution >= 4 is 36.0 Å². The first kappa shape index (κ1) is 30.7. The first-order valence-electron chi connectivity index (χ1n) is 12.3. The molecule has 0 bridgehead atoms. The van der Waals surface area contributed by atoms with Crippen molar-refractivity contribution < 1.29 is 43.5 Å². The van der Waals surface area contributed by atoms with Crippen LogP contribution >= 0.6 is 19.2 Å². The highest BCUT2D eigenvalue weighted by Crippen LogP contribution is 2.52. The molecule has 0 aliphatic carbocycles. The summed E-state index contributed by atoms with van der Waals surface area (Å²) >= 11 is 6.23. The zero-order chi connectivity index (χ0) is 29.2. The predicted molar refractivity (Wildman–Crippen MR) is 144 cm³/mol. The summed E-state index contributed by atoms with van der Waals surface area (Å²) in [6.07, 6.45) is -3.89. The van der Waals surface area contributed by atoms with Gasteiger partial charge in [0, 0.05) is 20.3 Å². The summed E-state index contributed by atoms with van der Waals surface area (Å²) in [6, 6.07) is 7.88. The van der Waals surface area contributed by atoms with Crippen LogP contribution in [0.5, 0.6) is 0 Å². The Morgan fingerprint density at radius 3 is 2.40 bits per heavy atom. The van der Waals surface area contributed by atoms with Crippen LogP contribution in [0.15, 0.2) is 30.5 Å². The summed E-state index contributed by atoms with van der Waals surface area (Å²) in [4.78, 5) is 28.4. The molecule has 0 radical (unpaired) electrons. The second-order valence-corrected chi connectivity index (χ2v) is 11.9. The van der Waals surface area contributed by atoms with E-state index < -0.39 is 57.3 Å². The van der Waals surface area contributed by atoms with Crippen molar-refractivity contribution in [3.05, 3.63) is 46.9 Å². The minimum Gasteiger partial charge on any atom is -0.387 e. The van der Waals surface area contributed by atoms with Crippen LogP contribution < -0.4 is 5.32 Å². The monoisotopic (exact) mass is 601 g/mol. The first-order chi connectivity index (χ1) is 18.9. The van der Waals surface area contributed by atoms with Gasteiger partial charge in [0.25, 0.3) is 0 Å². The predicted octanol–water partition coefficient (Wildman–Crippen LogP) is 1.76. The van der Waals surface area contributed by atoms with Gasteiger partial charge in [-0.15, -0.1) is 0 Å². The van der Waals surface area contributed by atoms with E-state index in [1.807, 2.05) is 38.1 Å². The number of anilines is 1. The third-order valence-corrected chi connectivity index (χ3v) is 8.34. The van der Waals surface area contributed by atoms with Crippen molar-refractivity contribution in [1.82, 2.24) is 19.7 Å². The molecular formula is C24H33ClN5O9P. The molecule has 1 aromatic carbocycles. The average Bonchev–Trinajstić information content (AvgIpc) is 3.43. The maximum atomic E-state index is 12.2. The molecule has 0 spiro atoms. The van der Waals surface area contributed by atoms with Gasteiger partial charge in [0.2, 0.25) is 10.6 Å². The molecule has 16 heteroatoms. The highest BCUT2D eigenvalue weighted by Gasteiger charge is 2.52. The van der Waals surface area contributed by atoms with Crippen molar-refractivity contribution in [2.24, 2.45) is 0 Å². The number of aliphatic hydroxyl groups excluding tert-OH is 2. The number of fused-ring (bicyclic) bond motifs is 1. The molecule has 220 valence electrons. The number of nitrogens with zero attached hydrogens (tertiary/aromatic N) is 4. The van der Waals surface area contributed by atoms with E-state index in [2.05, 4.69) is 20.4 Å². The lowest BCUT2D eigenvalue weighted by molar-refractivity contribution is -0.129. The van der Waals surface area contributed by atoms with Gasteiger partial charge < -0.3 is 44.3 Å². The Morgan fingerprint density at radius 2 is 1.80 bits per heavy atom. The number of nitrogens with one attached hydrogen (secondary N) is 1. The summed E-state index contributed by atoms with van der Waals surface area (Å²) in [6.45, 7) is 2.49. The fourth-order valence-corrected chi connectivity index (χ4v) is 5.48. The maximum Gasteiger partial charge on any atom is 0.361 e. The van der Waals surface area contributed by atoms with Gasteiger partial charge in [-0.2, -0.15) is 15.1 Å². The number of benzene rings is 1. The van der Waals surface area contributed by atoms with E-state index in [1.165, 1.54) is 25.1 Å². The molecule has 1 fully saturated rings. The maximum absolute atomic E-state index is 12.2. The van der Waals surface area contributed by atoms with Crippen LogP contribution in [0.2, 0.25) is 5.28 Å². The lowest BCUT2D eigenvalue weighted by atomic mass is 10.1. The van der Waals surface area contributed by atoms with Crippen molar-refractivity contribution in [2.75, 3.05) is 39.4 Å². The Balaban J connectivity index is 1.57. The van der Waals surface area contributed by atoms with Gasteiger partial charge in [-0.25, -0.2) is 4.68 Å². The molecule has 1 saturated heterocycles. The van der Waals surface area contributed by atoms with Crippen molar-refractivity contribution in [1.29, 1.82) is 0 Å². The molecular weight excluding hydrogens is 569 g/mol. The first-order valence-corrected chi connectivity index (χ1v) is 14.3. The van der Waals surface area contributed by atoms with Gasteiger partial charge in [0.1, 0.15) is 24.1 Å². The smallest absolute Gasteiger partial charge is 0.361 e. The topological polar surface area (TPSA) is 191 Å². The lowest BCUT2D eigenvalue weighted by Gasteiger charge is -2.33. The number of rotatable bonds is 12. The summed E-state index contributed by atoms with van der Waals surface area (Å²) in [5, 5.41) is 27.4. The molecule has 40 heavy (non-hydrogen) atoms. The quantitative estimate of drug-likeness (QED) is 0.149. The SMILES string of the molecule is COCC(COC)(OC[C@H]1O[C@@H](n2ncc3c(N[C@@H](C)c4ccc(C)cc4)nc(Cl)nc32)[C@H](O)[C@@H]1O)P(=O)(O)O. The standard InChI is InChI=1S/C24H33ClN5O9P/c1-13-5-7-15(8-6-13)14(2)27-20-16-9-26-30(21(16)29-23(25)28-20)22-19(32)18(31)17(39-22)10-38-24(11-36-3,12-37-4)40(33,34)35/h5-9,14,17-19,22,31-32H,10-12H2,1-4H3,(H,27,28,29)(H2,33,34,35)/t14-,17+,18+,19+,22+/m0/s1. The van der Waals surface area contributed by atoms with E-state index in [0.717, 1.165) is 11.1 Å². The van der Waals surface area contributed by atoms with Gasteiger partial charge in [-0.05, 0) is 31.0 Å². The van der Waals surface area contributed by atoms with Gasteiger partial charge in [-0.1, -0.05) is 29.8 Å². The fraction of sp³-hybridized carbons (Fsp3) is 0.542. The fourth-order valence-electron chi connectivity index (χ4n) is 4.47. The van der Waals surface area contributed by atoms with Crippen LogP contribution in [0, 0.1) is 6.92 Å². The van der Waals surface area contributed by atoms with Crippen molar-refractivity contribution in [2.45, 2.75) is 49.8 Å². The lowest BCUT2D eigenvalue weighted by Crippen LogP contribution is -2.45. The van der Waals surface area contributed by atoms with Gasteiger partial charge in [0.05, 0.1) is 31.4 Å². The van der Waals surface area contributed by atoms with Crippen molar-refractivity contribution in [3.8, 4) is 0 Å². The minimum absolute atomic E-state index is 0.0775. The summed E-state index contributed by atoms with van der Waals surface area (Å²) < 4.78 is 34.9. The number of aliphatic hydroxyl groups is 2. The molecule has 3 heterocycles. The summed E-state index contributed by atoms with van der Waals surface area (Å²) in [5.41, 5.74) is 2.39. The molecule has 1 aliphatic heterocycles. The largest absolute Gasteiger partial charge is 0.387 e. The van der Waals surface area contributed by atoms with E-state index in [4.69, 9.17) is 30.5 Å². The third-order valence-electron chi connectivity index (χ3n) is 6.72. The van der Waals surface area contributed by atoms with Crippen LogP contribution in [0.3, 0.4) is 0 Å². The molecule has 5 N–H and O–H groups in total. The average molecular weight is 602 g/mol. The second-order valence-electron chi connectivity index (χ2n) is 9.66. The van der Waals surface area contributed by atoms with E-state index in [9.17, 15) is 24.6 Å². The number of hydrogen-bond acceptors (Lipinski definition) is 11. The molecule has 14 nitrogen and oxygen atoms in total. The molecule has 3 aromatic rings. The minimum atomic E-state index is -4.90. The Labute approximate surface area is 235 Å². The van der Waals surface area contributed by atoms with E-state index >= 15 is 0 Å². The summed E-state index contributed by atoms with van der Waals surface area (Å²) in [5.74, 6) is 0.410. The number of halogens is 1. The van der Waals surface area contributed by atoms with Crippen LogP contribution in [-0.4, -0.2) is 97.4 Å². The Hall–Kier alpha value is -2.23. The van der Waals surface area contributed by atoms with E-state index in [0.29, 0.717) is 11.2 Å². The van der Waals surface area contributed by atoms with Crippen LogP contribution in [-0.2, 0) is 23.5 Å². The highest BCUT2D eigenvalue weighted by atomic mass is 35.5. The number of methoxy groups -OCH3 is 2. The molecule has 2 aromatic heterocycles. The Bertz CT molecular complexity index is 1350. The molecule has 0 unspecified atom stereocenters. The molecule has 4 rings (SSSR count). The Morgan fingerprint density at radius 1 is 1.15 bits per heavy atom. The number of aryl methyl sites for hydroxylation is 1. The highest BCUT2D eigenvalue weighted by molar-refractivity contribution is 7.53. The Kier molecular flexibility index (Phi) is 9.47. The zero-order valence-electron chi connectivity index (χ0n) is 22.3. The van der Waals surface area contributed by atoms with Gasteiger partial charge >= 0.3 is 7.60 Å². The molecule has 0 amide bonds. The number of hydrogen-bond donors (Lipinski definition) is 5. The van der Waals surface area contributed by atoms with Crippen LogP contribution in [0.4, 0.5) is 5.82 Å². The van der Waals surface area contributed by atoms with Gasteiger partial charge in [0.15, 0.2) is 11.9 Å². The van der Waals surface area contributed by atoms with Gasteiger partial charge in [-0.3, -0.25) is 4.57 Å². The second kappa shape index (κ2) is 12.3.